The smallest absolute Gasteiger partial charge is 0.228 e. The van der Waals surface area contributed by atoms with E-state index in [1.807, 2.05) is 37.3 Å². The molecule has 1 aliphatic carbocycles. The molecule has 24 heavy (non-hydrogen) atoms. The third kappa shape index (κ3) is 2.82. The van der Waals surface area contributed by atoms with Crippen molar-refractivity contribution in [3.05, 3.63) is 36.1 Å². The first kappa shape index (κ1) is 17.3. The number of furan rings is 1. The molecule has 1 unspecified atom stereocenters. The summed E-state index contributed by atoms with van der Waals surface area (Å²) in [6.07, 6.45) is 4.58. The van der Waals surface area contributed by atoms with Gasteiger partial charge in [0.15, 0.2) is 0 Å². The molecule has 1 aliphatic heterocycles. The maximum Gasteiger partial charge on any atom is 0.228 e. The first-order valence-electron chi connectivity index (χ1n) is 8.69. The third-order valence-electron chi connectivity index (χ3n) is 5.71. The Hall–Kier alpha value is -1.52. The molecule has 1 saturated carbocycles. The van der Waals surface area contributed by atoms with Crippen LogP contribution >= 0.6 is 12.4 Å². The molecule has 130 valence electrons. The van der Waals surface area contributed by atoms with Gasteiger partial charge >= 0.3 is 0 Å². The van der Waals surface area contributed by atoms with Gasteiger partial charge in [0.2, 0.25) is 5.91 Å². The first-order valence-corrected chi connectivity index (χ1v) is 8.69. The van der Waals surface area contributed by atoms with Crippen LogP contribution in [0.15, 0.2) is 34.7 Å². The molecule has 1 saturated heterocycles. The van der Waals surface area contributed by atoms with E-state index in [1.54, 1.807) is 0 Å². The highest BCUT2D eigenvalue weighted by molar-refractivity contribution is 5.85. The highest BCUT2D eigenvalue weighted by atomic mass is 35.5. The summed E-state index contributed by atoms with van der Waals surface area (Å²) in [7, 11) is 0. The summed E-state index contributed by atoms with van der Waals surface area (Å²) >= 11 is 0. The molecular formula is C19H25ClN2O2. The van der Waals surface area contributed by atoms with Crippen LogP contribution in [0.4, 0.5) is 0 Å². The van der Waals surface area contributed by atoms with E-state index < -0.39 is 0 Å². The van der Waals surface area contributed by atoms with Crippen molar-refractivity contribution in [3.63, 3.8) is 0 Å². The average molecular weight is 349 g/mol. The minimum atomic E-state index is -0.210. The molecular weight excluding hydrogens is 324 g/mol. The van der Waals surface area contributed by atoms with Crippen LogP contribution in [-0.4, -0.2) is 19.0 Å². The summed E-state index contributed by atoms with van der Waals surface area (Å²) in [6, 6.07) is 9.89. The van der Waals surface area contributed by atoms with Crippen LogP contribution in [0.1, 0.15) is 44.4 Å². The number of hydrogen-bond donors (Lipinski definition) is 2. The molecule has 2 heterocycles. The van der Waals surface area contributed by atoms with E-state index in [0.717, 1.165) is 42.7 Å². The summed E-state index contributed by atoms with van der Waals surface area (Å²) in [6.45, 7) is 3.80. The average Bonchev–Trinajstić information content (AvgIpc) is 3.19. The highest BCUT2D eigenvalue weighted by Gasteiger charge is 2.50. The van der Waals surface area contributed by atoms with Gasteiger partial charge in [0, 0.05) is 11.9 Å². The van der Waals surface area contributed by atoms with E-state index in [1.165, 1.54) is 12.8 Å². The topological polar surface area (TPSA) is 54.3 Å². The summed E-state index contributed by atoms with van der Waals surface area (Å²) < 4.78 is 5.90. The number of hydrogen-bond acceptors (Lipinski definition) is 3. The number of nitrogens with one attached hydrogen (secondary N) is 2. The van der Waals surface area contributed by atoms with Gasteiger partial charge in [0.1, 0.15) is 11.3 Å². The fourth-order valence-corrected chi connectivity index (χ4v) is 4.32. The molecule has 0 radical (unpaired) electrons. The maximum absolute atomic E-state index is 13.0. The lowest BCUT2D eigenvalue weighted by Gasteiger charge is -2.37. The van der Waals surface area contributed by atoms with Gasteiger partial charge in [-0.15, -0.1) is 12.4 Å². The molecule has 2 N–H and O–H groups in total. The molecule has 1 aromatic carbocycles. The lowest BCUT2D eigenvalue weighted by molar-refractivity contribution is -0.134. The van der Waals surface area contributed by atoms with Crippen molar-refractivity contribution < 1.29 is 9.21 Å². The number of rotatable bonds is 3. The monoisotopic (exact) mass is 348 g/mol. The fourth-order valence-electron chi connectivity index (χ4n) is 4.32. The number of carbonyl (C=O) groups excluding carboxylic acids is 1. The van der Waals surface area contributed by atoms with Gasteiger partial charge in [0.25, 0.3) is 0 Å². The van der Waals surface area contributed by atoms with Crippen LogP contribution < -0.4 is 10.6 Å². The molecule has 4 nitrogen and oxygen atoms in total. The Balaban J connectivity index is 0.00000169. The molecule has 5 heteroatoms. The second kappa shape index (κ2) is 6.77. The van der Waals surface area contributed by atoms with Crippen LogP contribution in [0.3, 0.4) is 0 Å². The number of para-hydroxylation sites is 1. The van der Waals surface area contributed by atoms with Gasteiger partial charge in [-0.05, 0) is 44.4 Å². The van der Waals surface area contributed by atoms with Crippen molar-refractivity contribution in [2.75, 3.05) is 13.1 Å². The normalized spacial score (nSPS) is 27.3. The van der Waals surface area contributed by atoms with Gasteiger partial charge in [-0.2, -0.15) is 0 Å². The van der Waals surface area contributed by atoms with E-state index in [2.05, 4.69) is 10.6 Å². The van der Waals surface area contributed by atoms with Gasteiger partial charge in [-0.25, -0.2) is 0 Å². The summed E-state index contributed by atoms with van der Waals surface area (Å²) in [5, 5.41) is 7.74. The van der Waals surface area contributed by atoms with E-state index >= 15 is 0 Å². The zero-order valence-electron chi connectivity index (χ0n) is 14.0. The minimum Gasteiger partial charge on any atom is -0.459 e. The molecule has 2 aliphatic rings. The predicted molar refractivity (Wildman–Crippen MR) is 97.3 cm³/mol. The van der Waals surface area contributed by atoms with Crippen molar-refractivity contribution in [1.29, 1.82) is 0 Å². The molecule has 1 aromatic heterocycles. The molecule has 2 fully saturated rings. The summed E-state index contributed by atoms with van der Waals surface area (Å²) in [5.41, 5.74) is 0.665. The van der Waals surface area contributed by atoms with E-state index in [4.69, 9.17) is 4.42 Å². The maximum atomic E-state index is 13.0. The van der Waals surface area contributed by atoms with Crippen LogP contribution in [0.5, 0.6) is 0 Å². The Morgan fingerprint density at radius 3 is 3.04 bits per heavy atom. The lowest BCUT2D eigenvalue weighted by Crippen LogP contribution is -2.48. The van der Waals surface area contributed by atoms with Gasteiger partial charge in [-0.1, -0.05) is 31.0 Å². The molecule has 0 spiro atoms. The Bertz CT molecular complexity index is 696. The summed E-state index contributed by atoms with van der Waals surface area (Å²) in [4.78, 5) is 13.0. The number of halogens is 1. The van der Waals surface area contributed by atoms with Gasteiger partial charge in [0.05, 0.1) is 11.5 Å². The van der Waals surface area contributed by atoms with Gasteiger partial charge in [-0.3, -0.25) is 4.79 Å². The SMILES string of the molecule is CC(NC(=O)[C@@]12CCCC[C@H]1CNC2)c1cc2ccccc2o1.Cl. The number of amides is 1. The molecule has 3 atom stereocenters. The van der Waals surface area contributed by atoms with Crippen molar-refractivity contribution in [2.24, 2.45) is 11.3 Å². The largest absolute Gasteiger partial charge is 0.459 e. The predicted octanol–water partition coefficient (Wildman–Crippen LogP) is 3.81. The van der Waals surface area contributed by atoms with Crippen LogP contribution in [-0.2, 0) is 4.79 Å². The standard InChI is InChI=1S/C19H24N2O2.ClH/c1-13(17-10-14-6-2-3-8-16(14)23-17)21-18(22)19-9-5-4-7-15(19)11-20-12-19;/h2-3,6,8,10,13,15,20H,4-5,7,9,11-12H2,1H3,(H,21,22);1H/t13?,15-,19+;/m0./s1. The van der Waals surface area contributed by atoms with E-state index in [9.17, 15) is 4.79 Å². The van der Waals surface area contributed by atoms with Crippen LogP contribution in [0.2, 0.25) is 0 Å². The van der Waals surface area contributed by atoms with Gasteiger partial charge < -0.3 is 15.1 Å². The minimum absolute atomic E-state index is 0. The Morgan fingerprint density at radius 2 is 2.21 bits per heavy atom. The highest BCUT2D eigenvalue weighted by Crippen LogP contribution is 2.44. The van der Waals surface area contributed by atoms with E-state index in [-0.39, 0.29) is 29.8 Å². The van der Waals surface area contributed by atoms with Crippen molar-refractivity contribution in [1.82, 2.24) is 10.6 Å². The second-order valence-corrected chi connectivity index (χ2v) is 7.11. The van der Waals surface area contributed by atoms with E-state index in [0.29, 0.717) is 5.92 Å². The fraction of sp³-hybridized carbons (Fsp3) is 0.526. The molecule has 4 rings (SSSR count). The Kier molecular flexibility index (Phi) is 4.88. The Labute approximate surface area is 148 Å². The molecule has 0 bridgehead atoms. The zero-order valence-corrected chi connectivity index (χ0v) is 14.8. The summed E-state index contributed by atoms with van der Waals surface area (Å²) in [5.74, 6) is 1.51. The zero-order chi connectivity index (χ0) is 15.9. The first-order chi connectivity index (χ1) is 11.2. The number of benzene rings is 1. The second-order valence-electron chi connectivity index (χ2n) is 7.11. The van der Waals surface area contributed by atoms with Crippen molar-refractivity contribution in [2.45, 2.75) is 38.6 Å². The quantitative estimate of drug-likeness (QED) is 0.886. The molecule has 2 aromatic rings. The van der Waals surface area contributed by atoms with Crippen LogP contribution in [0, 0.1) is 11.3 Å². The lowest BCUT2D eigenvalue weighted by atomic mass is 9.67. The number of fused-ring (bicyclic) bond motifs is 2. The Morgan fingerprint density at radius 1 is 1.38 bits per heavy atom. The molecule has 1 amide bonds. The number of carbonyl (C=O) groups is 1. The van der Waals surface area contributed by atoms with Crippen molar-refractivity contribution in [3.8, 4) is 0 Å². The third-order valence-corrected chi connectivity index (χ3v) is 5.71. The van der Waals surface area contributed by atoms with Crippen LogP contribution in [0.25, 0.3) is 11.0 Å². The van der Waals surface area contributed by atoms with Crippen molar-refractivity contribution >= 4 is 29.3 Å².